The van der Waals surface area contributed by atoms with Crippen LogP contribution in [0, 0.1) is 17.0 Å². The van der Waals surface area contributed by atoms with Crippen molar-refractivity contribution in [3.05, 3.63) is 75.5 Å². The van der Waals surface area contributed by atoms with Crippen LogP contribution in [0.1, 0.15) is 16.9 Å². The van der Waals surface area contributed by atoms with Gasteiger partial charge in [0.2, 0.25) is 0 Å². The minimum Gasteiger partial charge on any atom is -0.461 e. The second kappa shape index (κ2) is 5.40. The first-order valence-corrected chi connectivity index (χ1v) is 6.85. The summed E-state index contributed by atoms with van der Waals surface area (Å²) in [4.78, 5) is 10.6. The summed E-state index contributed by atoms with van der Waals surface area (Å²) < 4.78 is 5.78. The Morgan fingerprint density at radius 2 is 1.86 bits per heavy atom. The van der Waals surface area contributed by atoms with Gasteiger partial charge in [-0.2, -0.15) is 0 Å². The van der Waals surface area contributed by atoms with Gasteiger partial charge in [0.1, 0.15) is 11.3 Å². The zero-order chi connectivity index (χ0) is 14.8. The number of nitrogens with zero attached hydrogens (tertiary/aromatic N) is 1. The molecule has 1 aromatic heterocycles. The molecule has 0 atom stereocenters. The van der Waals surface area contributed by atoms with Gasteiger partial charge in [0.05, 0.1) is 4.92 Å². The summed E-state index contributed by atoms with van der Waals surface area (Å²) >= 11 is 0. The molecule has 0 aliphatic carbocycles. The molecular formula is C17H15NO3. The van der Waals surface area contributed by atoms with E-state index in [1.54, 1.807) is 19.1 Å². The van der Waals surface area contributed by atoms with Crippen molar-refractivity contribution in [2.75, 3.05) is 0 Å². The molecule has 0 radical (unpaired) electrons. The fraction of sp³-hybridized carbons (Fsp3) is 0.176. The van der Waals surface area contributed by atoms with Gasteiger partial charge in [-0.15, -0.1) is 0 Å². The second-order valence-corrected chi connectivity index (χ2v) is 5.13. The highest BCUT2D eigenvalue weighted by molar-refractivity contribution is 5.82. The third kappa shape index (κ3) is 2.79. The Kier molecular flexibility index (Phi) is 3.44. The molecule has 3 aromatic rings. The van der Waals surface area contributed by atoms with E-state index in [1.807, 2.05) is 24.3 Å². The maximum absolute atomic E-state index is 11.0. The van der Waals surface area contributed by atoms with Gasteiger partial charge in [-0.25, -0.2) is 0 Å². The number of nitro groups is 1. The normalized spacial score (nSPS) is 10.9. The number of hydrogen-bond acceptors (Lipinski definition) is 3. The Morgan fingerprint density at radius 3 is 2.57 bits per heavy atom. The minimum absolute atomic E-state index is 0.137. The van der Waals surface area contributed by atoms with Gasteiger partial charge in [0.15, 0.2) is 0 Å². The number of rotatable bonds is 4. The van der Waals surface area contributed by atoms with Gasteiger partial charge in [0, 0.05) is 23.4 Å². The molecule has 0 aliphatic rings. The van der Waals surface area contributed by atoms with Crippen molar-refractivity contribution in [1.82, 2.24) is 0 Å². The molecule has 3 rings (SSSR count). The number of hydrogen-bond donors (Lipinski definition) is 0. The van der Waals surface area contributed by atoms with Crippen LogP contribution in [-0.4, -0.2) is 4.92 Å². The molecular weight excluding hydrogens is 266 g/mol. The lowest BCUT2D eigenvalue weighted by Gasteiger charge is -1.98. The van der Waals surface area contributed by atoms with Crippen molar-refractivity contribution in [3.63, 3.8) is 0 Å². The van der Waals surface area contributed by atoms with Crippen molar-refractivity contribution in [2.24, 2.45) is 0 Å². The summed E-state index contributed by atoms with van der Waals surface area (Å²) in [6, 6.07) is 15.4. The summed E-state index contributed by atoms with van der Waals surface area (Å²) in [5.41, 5.74) is 2.72. The van der Waals surface area contributed by atoms with Crippen molar-refractivity contribution in [3.8, 4) is 0 Å². The van der Waals surface area contributed by atoms with E-state index in [4.69, 9.17) is 4.42 Å². The Balaban J connectivity index is 1.86. The van der Waals surface area contributed by atoms with Crippen LogP contribution in [0.3, 0.4) is 0 Å². The maximum atomic E-state index is 11.0. The Morgan fingerprint density at radius 1 is 1.10 bits per heavy atom. The fourth-order valence-electron chi connectivity index (χ4n) is 2.46. The average Bonchev–Trinajstić information content (AvgIpc) is 2.87. The molecule has 0 aliphatic heterocycles. The van der Waals surface area contributed by atoms with E-state index in [0.717, 1.165) is 24.0 Å². The second-order valence-electron chi connectivity index (χ2n) is 5.13. The monoisotopic (exact) mass is 281 g/mol. The minimum atomic E-state index is -0.356. The number of fused-ring (bicyclic) bond motifs is 1. The van der Waals surface area contributed by atoms with Gasteiger partial charge < -0.3 is 4.42 Å². The molecule has 4 heteroatoms. The van der Waals surface area contributed by atoms with Crippen LogP contribution < -0.4 is 0 Å². The van der Waals surface area contributed by atoms with Crippen LogP contribution in [0.25, 0.3) is 11.0 Å². The van der Waals surface area contributed by atoms with Crippen LogP contribution in [0.4, 0.5) is 5.69 Å². The fourth-order valence-corrected chi connectivity index (χ4v) is 2.46. The third-order valence-corrected chi connectivity index (χ3v) is 3.59. The van der Waals surface area contributed by atoms with Gasteiger partial charge in [-0.05, 0) is 31.0 Å². The van der Waals surface area contributed by atoms with E-state index in [0.29, 0.717) is 11.1 Å². The number of aryl methyl sites for hydroxylation is 3. The van der Waals surface area contributed by atoms with Crippen molar-refractivity contribution < 1.29 is 9.34 Å². The lowest BCUT2D eigenvalue weighted by molar-refractivity contribution is -0.385. The van der Waals surface area contributed by atoms with Gasteiger partial charge >= 0.3 is 0 Å². The maximum Gasteiger partial charge on any atom is 0.273 e. The third-order valence-electron chi connectivity index (χ3n) is 3.59. The molecule has 1 heterocycles. The van der Waals surface area contributed by atoms with Crippen LogP contribution in [0.15, 0.2) is 52.9 Å². The number of furan rings is 1. The molecule has 0 fully saturated rings. The SMILES string of the molecule is Cc1cc2oc(CCc3ccccc3)cc2cc1[N+](=O)[O-]. The Bertz CT molecular complexity index is 790. The van der Waals surface area contributed by atoms with E-state index < -0.39 is 0 Å². The zero-order valence-corrected chi connectivity index (χ0v) is 11.7. The topological polar surface area (TPSA) is 56.3 Å². The smallest absolute Gasteiger partial charge is 0.273 e. The van der Waals surface area contributed by atoms with Crippen LogP contribution >= 0.6 is 0 Å². The van der Waals surface area contributed by atoms with E-state index in [-0.39, 0.29) is 10.6 Å². The lowest BCUT2D eigenvalue weighted by atomic mass is 10.1. The van der Waals surface area contributed by atoms with Gasteiger partial charge in [-0.3, -0.25) is 10.1 Å². The zero-order valence-electron chi connectivity index (χ0n) is 11.7. The predicted octanol–water partition coefficient (Wildman–Crippen LogP) is 4.43. The molecule has 106 valence electrons. The highest BCUT2D eigenvalue weighted by Gasteiger charge is 2.14. The first-order valence-electron chi connectivity index (χ1n) is 6.85. The predicted molar refractivity (Wildman–Crippen MR) is 81.5 cm³/mol. The number of benzene rings is 2. The molecule has 0 unspecified atom stereocenters. The van der Waals surface area contributed by atoms with Crippen LogP contribution in [-0.2, 0) is 12.8 Å². The first kappa shape index (κ1) is 13.4. The van der Waals surface area contributed by atoms with Crippen molar-refractivity contribution in [2.45, 2.75) is 19.8 Å². The largest absolute Gasteiger partial charge is 0.461 e. The Labute approximate surface area is 122 Å². The van der Waals surface area contributed by atoms with Crippen LogP contribution in [0.2, 0.25) is 0 Å². The van der Waals surface area contributed by atoms with Crippen LogP contribution in [0.5, 0.6) is 0 Å². The molecule has 2 aromatic carbocycles. The van der Waals surface area contributed by atoms with E-state index in [1.165, 1.54) is 5.56 Å². The van der Waals surface area contributed by atoms with E-state index >= 15 is 0 Å². The summed E-state index contributed by atoms with van der Waals surface area (Å²) in [6.45, 7) is 1.73. The summed E-state index contributed by atoms with van der Waals surface area (Å²) in [6.07, 6.45) is 1.67. The molecule has 0 saturated heterocycles. The van der Waals surface area contributed by atoms with E-state index in [2.05, 4.69) is 12.1 Å². The van der Waals surface area contributed by atoms with Crippen molar-refractivity contribution >= 4 is 16.7 Å². The van der Waals surface area contributed by atoms with Gasteiger partial charge in [-0.1, -0.05) is 30.3 Å². The van der Waals surface area contributed by atoms with Gasteiger partial charge in [0.25, 0.3) is 5.69 Å². The summed E-state index contributed by atoms with van der Waals surface area (Å²) in [7, 11) is 0. The molecule has 0 amide bonds. The lowest BCUT2D eigenvalue weighted by Crippen LogP contribution is -1.90. The number of nitro benzene ring substituents is 1. The van der Waals surface area contributed by atoms with Crippen molar-refractivity contribution in [1.29, 1.82) is 0 Å². The summed E-state index contributed by atoms with van der Waals surface area (Å²) in [5.74, 6) is 0.855. The quantitative estimate of drug-likeness (QED) is 0.525. The molecule has 0 bridgehead atoms. The highest BCUT2D eigenvalue weighted by atomic mass is 16.6. The first-order chi connectivity index (χ1) is 10.1. The highest BCUT2D eigenvalue weighted by Crippen LogP contribution is 2.28. The molecule has 21 heavy (non-hydrogen) atoms. The molecule has 4 nitrogen and oxygen atoms in total. The molecule has 0 saturated carbocycles. The Hall–Kier alpha value is -2.62. The molecule has 0 spiro atoms. The standard InChI is InChI=1S/C17H15NO3/c1-12-9-17-14(11-16(12)18(19)20)10-15(21-17)8-7-13-5-3-2-4-6-13/h2-6,9-11H,7-8H2,1H3. The molecule has 0 N–H and O–H groups in total. The summed E-state index contributed by atoms with van der Waals surface area (Å²) in [5, 5.41) is 11.7. The van der Waals surface area contributed by atoms with E-state index in [9.17, 15) is 10.1 Å². The average molecular weight is 281 g/mol.